The summed E-state index contributed by atoms with van der Waals surface area (Å²) in [5.74, 6) is 1.39. The molecule has 0 aliphatic carbocycles. The Bertz CT molecular complexity index is 453. The summed E-state index contributed by atoms with van der Waals surface area (Å²) >= 11 is 7.69. The summed E-state index contributed by atoms with van der Waals surface area (Å²) in [4.78, 5) is 5.94. The van der Waals surface area contributed by atoms with E-state index in [4.69, 9.17) is 11.6 Å². The van der Waals surface area contributed by atoms with Crippen LogP contribution in [0.4, 0.5) is 19.0 Å². The molecule has 1 unspecified atom stereocenters. The van der Waals surface area contributed by atoms with Crippen LogP contribution in [0, 0.1) is 0 Å². The minimum Gasteiger partial charge on any atom is -0.352 e. The van der Waals surface area contributed by atoms with Gasteiger partial charge in [0.25, 0.3) is 0 Å². The molecule has 1 fully saturated rings. The number of thioether (sulfide) groups is 1. The first-order chi connectivity index (χ1) is 8.93. The summed E-state index contributed by atoms with van der Waals surface area (Å²) in [5, 5.41) is 0.0721. The van der Waals surface area contributed by atoms with Crippen molar-refractivity contribution in [3.8, 4) is 0 Å². The lowest BCUT2D eigenvalue weighted by atomic mass is 10.2. The van der Waals surface area contributed by atoms with Crippen LogP contribution < -0.4 is 4.90 Å². The molecule has 1 aliphatic heterocycles. The lowest BCUT2D eigenvalue weighted by Gasteiger charge is -2.26. The second-order valence-electron chi connectivity index (χ2n) is 4.47. The number of nitrogens with zero attached hydrogens (tertiary/aromatic N) is 2. The molecule has 0 aromatic carbocycles. The zero-order chi connectivity index (χ0) is 14.0. The Kier molecular flexibility index (Phi) is 4.50. The van der Waals surface area contributed by atoms with Gasteiger partial charge in [-0.1, -0.05) is 11.6 Å². The number of anilines is 1. The van der Waals surface area contributed by atoms with Gasteiger partial charge in [-0.05, 0) is 25.2 Å². The van der Waals surface area contributed by atoms with Gasteiger partial charge in [-0.25, -0.2) is 4.98 Å². The summed E-state index contributed by atoms with van der Waals surface area (Å²) in [7, 11) is 0. The number of pyridine rings is 1. The molecular weight excluding hydrogens is 297 g/mol. The second-order valence-corrected chi connectivity index (χ2v) is 5.79. The Hall–Kier alpha value is -0.620. The first kappa shape index (κ1) is 14.8. The maximum atomic E-state index is 12.6. The molecule has 0 N–H and O–H groups in total. The zero-order valence-corrected chi connectivity index (χ0v) is 11.9. The smallest absolute Gasteiger partial charge is 0.352 e. The van der Waals surface area contributed by atoms with Crippen molar-refractivity contribution in [2.45, 2.75) is 25.1 Å². The Balaban J connectivity index is 2.26. The van der Waals surface area contributed by atoms with Crippen molar-refractivity contribution in [1.29, 1.82) is 0 Å². The van der Waals surface area contributed by atoms with Crippen molar-refractivity contribution >= 4 is 29.2 Å². The van der Waals surface area contributed by atoms with Crippen LogP contribution in [0.2, 0.25) is 5.02 Å². The molecule has 1 atom stereocenters. The molecule has 1 aromatic rings. The summed E-state index contributed by atoms with van der Waals surface area (Å²) in [5.41, 5.74) is -0.804. The van der Waals surface area contributed by atoms with Gasteiger partial charge in [-0.2, -0.15) is 24.9 Å². The summed E-state index contributed by atoms with van der Waals surface area (Å²) in [6.45, 7) is 0.795. The van der Waals surface area contributed by atoms with Crippen LogP contribution in [0.1, 0.15) is 18.4 Å². The average Bonchev–Trinajstić information content (AvgIpc) is 2.76. The quantitative estimate of drug-likeness (QED) is 0.836. The van der Waals surface area contributed by atoms with Crippen LogP contribution in [-0.4, -0.2) is 29.6 Å². The van der Waals surface area contributed by atoms with Crippen molar-refractivity contribution in [3.63, 3.8) is 0 Å². The Morgan fingerprint density at radius 1 is 1.53 bits per heavy atom. The maximum absolute atomic E-state index is 12.6. The maximum Gasteiger partial charge on any atom is 0.417 e. The molecule has 106 valence electrons. The summed E-state index contributed by atoms with van der Waals surface area (Å²) < 4.78 is 37.7. The van der Waals surface area contributed by atoms with E-state index in [0.29, 0.717) is 11.9 Å². The van der Waals surface area contributed by atoms with Crippen molar-refractivity contribution in [2.75, 3.05) is 23.5 Å². The molecule has 2 heterocycles. The van der Waals surface area contributed by atoms with Crippen molar-refractivity contribution in [1.82, 2.24) is 4.98 Å². The van der Waals surface area contributed by atoms with Gasteiger partial charge >= 0.3 is 6.18 Å². The molecule has 1 saturated heterocycles. The van der Waals surface area contributed by atoms with E-state index in [9.17, 15) is 13.2 Å². The minimum atomic E-state index is -4.40. The van der Waals surface area contributed by atoms with Gasteiger partial charge < -0.3 is 4.90 Å². The summed E-state index contributed by atoms with van der Waals surface area (Å²) in [6.07, 6.45) is 0.511. The van der Waals surface area contributed by atoms with E-state index in [2.05, 4.69) is 4.98 Å². The van der Waals surface area contributed by atoms with Crippen LogP contribution in [0.3, 0.4) is 0 Å². The zero-order valence-electron chi connectivity index (χ0n) is 10.4. The third-order valence-corrected chi connectivity index (χ3v) is 4.15. The fourth-order valence-corrected chi connectivity index (χ4v) is 3.28. The van der Waals surface area contributed by atoms with E-state index in [1.54, 1.807) is 11.8 Å². The second kappa shape index (κ2) is 5.79. The fraction of sp³-hybridized carbons (Fsp3) is 0.583. The van der Waals surface area contributed by atoms with E-state index in [-0.39, 0.29) is 5.02 Å². The SMILES string of the molecule is CSCC1CCCN1c1ncc(C(F)(F)F)cc1Cl. The number of hydrogen-bond acceptors (Lipinski definition) is 3. The number of aromatic nitrogens is 1. The molecule has 19 heavy (non-hydrogen) atoms. The van der Waals surface area contributed by atoms with Crippen LogP contribution in [-0.2, 0) is 6.18 Å². The van der Waals surface area contributed by atoms with Crippen LogP contribution in [0.25, 0.3) is 0 Å². The predicted molar refractivity (Wildman–Crippen MR) is 73.0 cm³/mol. The highest BCUT2D eigenvalue weighted by Crippen LogP contribution is 2.35. The standard InChI is InChI=1S/C12H14ClF3N2S/c1-19-7-9-3-2-4-18(9)11-10(13)5-8(6-17-11)12(14,15)16/h5-6,9H,2-4,7H2,1H3. The van der Waals surface area contributed by atoms with Crippen molar-refractivity contribution in [3.05, 3.63) is 22.8 Å². The van der Waals surface area contributed by atoms with E-state index >= 15 is 0 Å². The van der Waals surface area contributed by atoms with Gasteiger partial charge in [-0.15, -0.1) is 0 Å². The lowest BCUT2D eigenvalue weighted by molar-refractivity contribution is -0.137. The first-order valence-corrected chi connectivity index (χ1v) is 7.69. The Morgan fingerprint density at radius 2 is 2.26 bits per heavy atom. The number of hydrogen-bond donors (Lipinski definition) is 0. The van der Waals surface area contributed by atoms with Gasteiger partial charge in [0.1, 0.15) is 5.82 Å². The largest absolute Gasteiger partial charge is 0.417 e. The number of halogens is 4. The normalized spacial score (nSPS) is 20.1. The van der Waals surface area contributed by atoms with Crippen LogP contribution in [0.5, 0.6) is 0 Å². The molecule has 1 aromatic heterocycles. The highest BCUT2D eigenvalue weighted by Gasteiger charge is 2.33. The highest BCUT2D eigenvalue weighted by atomic mass is 35.5. The van der Waals surface area contributed by atoms with Crippen LogP contribution >= 0.6 is 23.4 Å². The molecule has 0 amide bonds. The first-order valence-electron chi connectivity index (χ1n) is 5.92. The third-order valence-electron chi connectivity index (χ3n) is 3.16. The molecule has 2 rings (SSSR count). The molecular formula is C12H14ClF3N2S. The van der Waals surface area contributed by atoms with E-state index in [1.165, 1.54) is 0 Å². The molecule has 0 radical (unpaired) electrons. The lowest BCUT2D eigenvalue weighted by Crippen LogP contribution is -2.32. The average molecular weight is 311 g/mol. The monoisotopic (exact) mass is 310 g/mol. The van der Waals surface area contributed by atoms with Gasteiger partial charge in [0.2, 0.25) is 0 Å². The third kappa shape index (κ3) is 3.28. The van der Waals surface area contributed by atoms with Crippen molar-refractivity contribution < 1.29 is 13.2 Å². The van der Waals surface area contributed by atoms with Gasteiger partial charge in [-0.3, -0.25) is 0 Å². The number of rotatable bonds is 3. The van der Waals surface area contributed by atoms with E-state index < -0.39 is 11.7 Å². The molecule has 2 nitrogen and oxygen atoms in total. The highest BCUT2D eigenvalue weighted by molar-refractivity contribution is 7.98. The van der Waals surface area contributed by atoms with Gasteiger partial charge in [0, 0.05) is 24.5 Å². The topological polar surface area (TPSA) is 16.1 Å². The number of alkyl halides is 3. The van der Waals surface area contributed by atoms with Gasteiger partial charge in [0.15, 0.2) is 0 Å². The van der Waals surface area contributed by atoms with Gasteiger partial charge in [0.05, 0.1) is 10.6 Å². The van der Waals surface area contributed by atoms with Crippen LogP contribution in [0.15, 0.2) is 12.3 Å². The predicted octanol–water partition coefficient (Wildman–Crippen LogP) is 4.09. The molecule has 0 bridgehead atoms. The molecule has 7 heteroatoms. The Labute approximate surface area is 119 Å². The molecule has 0 spiro atoms. The van der Waals surface area contributed by atoms with E-state index in [0.717, 1.165) is 37.4 Å². The van der Waals surface area contributed by atoms with E-state index in [1.807, 2.05) is 11.2 Å². The molecule has 0 saturated carbocycles. The summed E-state index contributed by atoms with van der Waals surface area (Å²) in [6, 6.07) is 1.26. The fourth-order valence-electron chi connectivity index (χ4n) is 2.28. The Morgan fingerprint density at radius 3 is 2.84 bits per heavy atom. The van der Waals surface area contributed by atoms with Crippen molar-refractivity contribution in [2.24, 2.45) is 0 Å². The minimum absolute atomic E-state index is 0.0721. The molecule has 1 aliphatic rings.